The molecule has 0 fully saturated rings. The third-order valence-corrected chi connectivity index (χ3v) is 2.24. The number of hydrogen-bond donors (Lipinski definition) is 2. The van der Waals surface area contributed by atoms with Gasteiger partial charge < -0.3 is 10.6 Å². The van der Waals surface area contributed by atoms with E-state index in [-0.39, 0.29) is 5.56 Å². The molecule has 0 heterocycles. The van der Waals surface area contributed by atoms with Gasteiger partial charge in [0.15, 0.2) is 0 Å². The Morgan fingerprint density at radius 2 is 2.17 bits per heavy atom. The predicted octanol–water partition coefficient (Wildman–Crippen LogP) is 1.07. The SMILES string of the molecule is CCNCCNC(=O)c1ccc(F)cc1[N+](=O)[O-]. The Balaban J connectivity index is 2.76. The van der Waals surface area contributed by atoms with Crippen LogP contribution >= 0.6 is 0 Å². The van der Waals surface area contributed by atoms with Crippen LogP contribution in [-0.2, 0) is 0 Å². The average molecular weight is 255 g/mol. The zero-order valence-corrected chi connectivity index (χ0v) is 9.90. The van der Waals surface area contributed by atoms with Crippen molar-refractivity contribution in [2.75, 3.05) is 19.6 Å². The summed E-state index contributed by atoms with van der Waals surface area (Å²) in [6.45, 7) is 3.61. The fourth-order valence-electron chi connectivity index (χ4n) is 1.38. The third-order valence-electron chi connectivity index (χ3n) is 2.24. The van der Waals surface area contributed by atoms with Gasteiger partial charge in [-0.3, -0.25) is 14.9 Å². The summed E-state index contributed by atoms with van der Waals surface area (Å²) in [5.41, 5.74) is -0.672. The summed E-state index contributed by atoms with van der Waals surface area (Å²) in [5.74, 6) is -1.33. The van der Waals surface area contributed by atoms with Crippen molar-refractivity contribution in [2.24, 2.45) is 0 Å². The second-order valence-corrected chi connectivity index (χ2v) is 3.53. The lowest BCUT2D eigenvalue weighted by atomic mass is 10.1. The number of benzene rings is 1. The molecule has 0 spiro atoms. The molecule has 0 aromatic heterocycles. The van der Waals surface area contributed by atoms with Gasteiger partial charge in [-0.1, -0.05) is 6.92 Å². The Morgan fingerprint density at radius 1 is 1.44 bits per heavy atom. The number of nitro groups is 1. The van der Waals surface area contributed by atoms with Crippen molar-refractivity contribution in [3.8, 4) is 0 Å². The van der Waals surface area contributed by atoms with Crippen molar-refractivity contribution < 1.29 is 14.1 Å². The second kappa shape index (κ2) is 6.65. The molecule has 0 aliphatic heterocycles. The van der Waals surface area contributed by atoms with Gasteiger partial charge in [-0.2, -0.15) is 0 Å². The van der Waals surface area contributed by atoms with E-state index in [9.17, 15) is 19.3 Å². The molecule has 0 radical (unpaired) electrons. The van der Waals surface area contributed by atoms with Crippen molar-refractivity contribution in [2.45, 2.75) is 6.92 Å². The van der Waals surface area contributed by atoms with Crippen LogP contribution in [0, 0.1) is 15.9 Å². The van der Waals surface area contributed by atoms with Gasteiger partial charge in [0, 0.05) is 13.1 Å². The van der Waals surface area contributed by atoms with Crippen LogP contribution < -0.4 is 10.6 Å². The molecule has 0 saturated heterocycles. The van der Waals surface area contributed by atoms with Gasteiger partial charge in [-0.05, 0) is 18.7 Å². The molecular formula is C11H14FN3O3. The zero-order chi connectivity index (χ0) is 13.5. The fraction of sp³-hybridized carbons (Fsp3) is 0.364. The quantitative estimate of drug-likeness (QED) is 0.452. The van der Waals surface area contributed by atoms with Crippen LogP contribution in [0.4, 0.5) is 10.1 Å². The standard InChI is InChI=1S/C11H14FN3O3/c1-2-13-5-6-14-11(16)9-4-3-8(12)7-10(9)15(17)18/h3-4,7,13H,2,5-6H2,1H3,(H,14,16). The Bertz CT molecular complexity index is 451. The van der Waals surface area contributed by atoms with E-state index in [2.05, 4.69) is 10.6 Å². The molecule has 1 rings (SSSR count). The molecule has 0 bridgehead atoms. The van der Waals surface area contributed by atoms with E-state index in [1.54, 1.807) is 0 Å². The lowest BCUT2D eigenvalue weighted by Gasteiger charge is -2.06. The highest BCUT2D eigenvalue weighted by molar-refractivity contribution is 5.98. The molecule has 18 heavy (non-hydrogen) atoms. The maximum absolute atomic E-state index is 12.9. The number of carbonyl (C=O) groups is 1. The summed E-state index contributed by atoms with van der Waals surface area (Å²) in [6, 6.07) is 2.86. The minimum atomic E-state index is -0.776. The van der Waals surface area contributed by atoms with Crippen LogP contribution in [0.5, 0.6) is 0 Å². The number of rotatable bonds is 6. The minimum Gasteiger partial charge on any atom is -0.351 e. The molecule has 1 amide bonds. The molecule has 7 heteroatoms. The van der Waals surface area contributed by atoms with Crippen molar-refractivity contribution >= 4 is 11.6 Å². The summed E-state index contributed by atoms with van der Waals surface area (Å²) in [7, 11) is 0. The summed E-state index contributed by atoms with van der Waals surface area (Å²) < 4.78 is 12.9. The van der Waals surface area contributed by atoms with E-state index in [0.717, 1.165) is 24.7 Å². The van der Waals surface area contributed by atoms with Crippen molar-refractivity contribution in [1.29, 1.82) is 0 Å². The number of hydrogen-bond acceptors (Lipinski definition) is 4. The lowest BCUT2D eigenvalue weighted by molar-refractivity contribution is -0.385. The normalized spacial score (nSPS) is 10.1. The van der Waals surface area contributed by atoms with E-state index in [1.165, 1.54) is 0 Å². The van der Waals surface area contributed by atoms with Crippen LogP contribution in [0.25, 0.3) is 0 Å². The van der Waals surface area contributed by atoms with Gasteiger partial charge in [0.25, 0.3) is 11.6 Å². The topological polar surface area (TPSA) is 84.3 Å². The van der Waals surface area contributed by atoms with Gasteiger partial charge in [0.2, 0.25) is 0 Å². The molecule has 0 aliphatic rings. The van der Waals surface area contributed by atoms with Gasteiger partial charge in [0.1, 0.15) is 11.4 Å². The van der Waals surface area contributed by atoms with Gasteiger partial charge in [-0.25, -0.2) is 4.39 Å². The molecule has 6 nitrogen and oxygen atoms in total. The smallest absolute Gasteiger partial charge is 0.285 e. The Morgan fingerprint density at radius 3 is 2.78 bits per heavy atom. The second-order valence-electron chi connectivity index (χ2n) is 3.53. The van der Waals surface area contributed by atoms with Crippen molar-refractivity contribution in [3.05, 3.63) is 39.7 Å². The Hall–Kier alpha value is -2.02. The highest BCUT2D eigenvalue weighted by atomic mass is 19.1. The van der Waals surface area contributed by atoms with Gasteiger partial charge in [0.05, 0.1) is 11.0 Å². The van der Waals surface area contributed by atoms with Crippen LogP contribution in [0.2, 0.25) is 0 Å². The first-order valence-electron chi connectivity index (χ1n) is 5.49. The Kier molecular flexibility index (Phi) is 5.19. The predicted molar refractivity (Wildman–Crippen MR) is 63.9 cm³/mol. The van der Waals surface area contributed by atoms with Crippen molar-refractivity contribution in [3.63, 3.8) is 0 Å². The zero-order valence-electron chi connectivity index (χ0n) is 9.90. The highest BCUT2D eigenvalue weighted by Gasteiger charge is 2.20. The number of likely N-dealkylation sites (N-methyl/N-ethyl adjacent to an activating group) is 1. The number of nitrogens with zero attached hydrogens (tertiary/aromatic N) is 1. The fourth-order valence-corrected chi connectivity index (χ4v) is 1.38. The molecule has 0 saturated carbocycles. The monoisotopic (exact) mass is 255 g/mol. The first kappa shape index (κ1) is 14.0. The number of nitro benzene ring substituents is 1. The third kappa shape index (κ3) is 3.77. The average Bonchev–Trinajstić information content (AvgIpc) is 2.34. The molecule has 2 N–H and O–H groups in total. The van der Waals surface area contributed by atoms with Crippen LogP contribution in [0.15, 0.2) is 18.2 Å². The first-order valence-corrected chi connectivity index (χ1v) is 5.49. The molecule has 0 atom stereocenters. The van der Waals surface area contributed by atoms with Crippen LogP contribution in [-0.4, -0.2) is 30.5 Å². The number of carbonyl (C=O) groups excluding carboxylic acids is 1. The lowest BCUT2D eigenvalue weighted by Crippen LogP contribution is -2.32. The maximum atomic E-state index is 12.9. The number of nitrogens with one attached hydrogen (secondary N) is 2. The molecule has 1 aromatic rings. The van der Waals surface area contributed by atoms with Gasteiger partial charge >= 0.3 is 0 Å². The van der Waals surface area contributed by atoms with E-state index in [0.29, 0.717) is 13.1 Å². The van der Waals surface area contributed by atoms with Gasteiger partial charge in [-0.15, -0.1) is 0 Å². The molecule has 0 aliphatic carbocycles. The van der Waals surface area contributed by atoms with Crippen LogP contribution in [0.3, 0.4) is 0 Å². The summed E-state index contributed by atoms with van der Waals surface area (Å²) in [4.78, 5) is 21.6. The van der Waals surface area contributed by atoms with E-state index in [1.807, 2.05) is 6.92 Å². The minimum absolute atomic E-state index is 0.141. The highest BCUT2D eigenvalue weighted by Crippen LogP contribution is 2.19. The summed E-state index contributed by atoms with van der Waals surface area (Å²) >= 11 is 0. The number of halogens is 1. The summed E-state index contributed by atoms with van der Waals surface area (Å²) in [6.07, 6.45) is 0. The number of amides is 1. The molecule has 0 unspecified atom stereocenters. The van der Waals surface area contributed by atoms with E-state index < -0.39 is 22.3 Å². The Labute approximate surface area is 103 Å². The molecule has 1 aromatic carbocycles. The van der Waals surface area contributed by atoms with E-state index in [4.69, 9.17) is 0 Å². The maximum Gasteiger partial charge on any atom is 0.285 e. The van der Waals surface area contributed by atoms with Crippen LogP contribution in [0.1, 0.15) is 17.3 Å². The molecular weight excluding hydrogens is 241 g/mol. The first-order chi connectivity index (χ1) is 8.56. The molecule has 98 valence electrons. The van der Waals surface area contributed by atoms with E-state index >= 15 is 0 Å². The van der Waals surface area contributed by atoms with Crippen molar-refractivity contribution in [1.82, 2.24) is 10.6 Å². The summed E-state index contributed by atoms with van der Waals surface area (Å²) in [5, 5.41) is 16.2. The largest absolute Gasteiger partial charge is 0.351 e.